The molecule has 0 aliphatic heterocycles. The van der Waals surface area contributed by atoms with Crippen LogP contribution in [0.2, 0.25) is 0 Å². The van der Waals surface area contributed by atoms with Crippen molar-refractivity contribution in [2.75, 3.05) is 9.62 Å². The summed E-state index contributed by atoms with van der Waals surface area (Å²) in [6, 6.07) is 21.7. The molecule has 1 saturated carbocycles. The highest BCUT2D eigenvalue weighted by molar-refractivity contribution is 7.92. The Morgan fingerprint density at radius 1 is 1.02 bits per heavy atom. The topological polar surface area (TPSA) is 99.6 Å². The fourth-order valence-corrected chi connectivity index (χ4v) is 7.28. The van der Waals surface area contributed by atoms with Gasteiger partial charge in [-0.05, 0) is 80.1 Å². The number of hydrogen-bond acceptors (Lipinski definition) is 6. The molecule has 1 aliphatic rings. The Hall–Kier alpha value is -3.69. The summed E-state index contributed by atoms with van der Waals surface area (Å²) in [5, 5.41) is 12.0. The maximum atomic E-state index is 13.2. The predicted octanol–water partition coefficient (Wildman–Crippen LogP) is 7.77. The highest BCUT2D eigenvalue weighted by atomic mass is 32.2. The molecule has 3 aromatic carbocycles. The van der Waals surface area contributed by atoms with Gasteiger partial charge in [0.1, 0.15) is 0 Å². The first-order chi connectivity index (χ1) is 19.7. The molecule has 7 nitrogen and oxygen atoms in total. The number of aromatic nitrogens is 1. The van der Waals surface area contributed by atoms with E-state index in [9.17, 15) is 18.3 Å². The van der Waals surface area contributed by atoms with E-state index >= 15 is 0 Å². The summed E-state index contributed by atoms with van der Waals surface area (Å²) in [6.45, 7) is 4.76. The highest BCUT2D eigenvalue weighted by Gasteiger charge is 2.20. The summed E-state index contributed by atoms with van der Waals surface area (Å²) in [6.07, 6.45) is 6.10. The van der Waals surface area contributed by atoms with Crippen molar-refractivity contribution >= 4 is 38.1 Å². The third-order valence-corrected chi connectivity index (χ3v) is 9.87. The number of sulfonamides is 1. The van der Waals surface area contributed by atoms with Crippen LogP contribution in [0.4, 0.5) is 10.8 Å². The lowest BCUT2D eigenvalue weighted by atomic mass is 9.84. The zero-order chi connectivity index (χ0) is 29.0. The van der Waals surface area contributed by atoms with Crippen molar-refractivity contribution in [2.45, 2.75) is 69.4 Å². The zero-order valence-corrected chi connectivity index (χ0v) is 24.9. The van der Waals surface area contributed by atoms with Crippen molar-refractivity contribution in [3.05, 3.63) is 94.9 Å². The SMILES string of the molecule is CC(C)N(Cc1ccc(C(=O)O)cc1)c1nc(-c2cccc(NS(=O)(=O)c3ccc(C4CCCCC4)cc3)c2)cs1. The van der Waals surface area contributed by atoms with Gasteiger partial charge in [0, 0.05) is 29.2 Å². The van der Waals surface area contributed by atoms with E-state index in [1.807, 2.05) is 41.8 Å². The Morgan fingerprint density at radius 3 is 2.39 bits per heavy atom. The van der Waals surface area contributed by atoms with Gasteiger partial charge in [-0.2, -0.15) is 0 Å². The zero-order valence-electron chi connectivity index (χ0n) is 23.3. The largest absolute Gasteiger partial charge is 0.478 e. The summed E-state index contributed by atoms with van der Waals surface area (Å²) in [5.41, 5.74) is 4.52. The average molecular weight is 590 g/mol. The molecule has 0 amide bonds. The van der Waals surface area contributed by atoms with E-state index in [0.29, 0.717) is 18.2 Å². The number of rotatable bonds is 10. The summed E-state index contributed by atoms with van der Waals surface area (Å²) >= 11 is 1.52. The maximum Gasteiger partial charge on any atom is 0.335 e. The number of nitrogens with one attached hydrogen (secondary N) is 1. The first-order valence-corrected chi connectivity index (χ1v) is 16.3. The molecule has 9 heteroatoms. The van der Waals surface area contributed by atoms with Gasteiger partial charge in [0.15, 0.2) is 5.13 Å². The third kappa shape index (κ3) is 6.97. The molecule has 1 aromatic heterocycles. The molecule has 0 bridgehead atoms. The Morgan fingerprint density at radius 2 is 1.73 bits per heavy atom. The van der Waals surface area contributed by atoms with Crippen molar-refractivity contribution in [3.8, 4) is 11.3 Å². The van der Waals surface area contributed by atoms with Gasteiger partial charge in [-0.3, -0.25) is 4.72 Å². The molecule has 0 unspecified atom stereocenters. The van der Waals surface area contributed by atoms with E-state index in [1.165, 1.54) is 49.0 Å². The van der Waals surface area contributed by atoms with Crippen LogP contribution in [0.25, 0.3) is 11.3 Å². The molecule has 1 heterocycles. The molecule has 0 spiro atoms. The Kier molecular flexibility index (Phi) is 8.75. The lowest BCUT2D eigenvalue weighted by molar-refractivity contribution is 0.0697. The summed E-state index contributed by atoms with van der Waals surface area (Å²) in [5.74, 6) is -0.420. The first-order valence-electron chi connectivity index (χ1n) is 14.0. The van der Waals surface area contributed by atoms with Crippen LogP contribution in [0, 0.1) is 0 Å². The molecule has 0 radical (unpaired) electrons. The van der Waals surface area contributed by atoms with Crippen LogP contribution in [0.15, 0.2) is 83.1 Å². The number of benzene rings is 3. The minimum absolute atomic E-state index is 0.163. The van der Waals surface area contributed by atoms with E-state index in [-0.39, 0.29) is 16.5 Å². The van der Waals surface area contributed by atoms with Crippen molar-refractivity contribution < 1.29 is 18.3 Å². The second-order valence-electron chi connectivity index (χ2n) is 10.8. The molecule has 2 N–H and O–H groups in total. The fraction of sp³-hybridized carbons (Fsp3) is 0.312. The smallest absolute Gasteiger partial charge is 0.335 e. The number of carboxylic acids is 1. The van der Waals surface area contributed by atoms with Crippen LogP contribution in [-0.2, 0) is 16.6 Å². The Bertz CT molecular complexity index is 1590. The van der Waals surface area contributed by atoms with Crippen molar-refractivity contribution in [3.63, 3.8) is 0 Å². The Labute approximate surface area is 245 Å². The monoisotopic (exact) mass is 589 g/mol. The summed E-state index contributed by atoms with van der Waals surface area (Å²) in [4.78, 5) is 18.5. The van der Waals surface area contributed by atoms with Gasteiger partial charge in [-0.25, -0.2) is 18.2 Å². The van der Waals surface area contributed by atoms with Crippen molar-refractivity contribution in [1.29, 1.82) is 0 Å². The second-order valence-corrected chi connectivity index (χ2v) is 13.3. The van der Waals surface area contributed by atoms with E-state index in [1.54, 1.807) is 36.4 Å². The van der Waals surface area contributed by atoms with Gasteiger partial charge < -0.3 is 10.0 Å². The number of carboxylic acid groups (broad SMARTS) is 1. The molecule has 1 aliphatic carbocycles. The summed E-state index contributed by atoms with van der Waals surface area (Å²) < 4.78 is 29.1. The van der Waals surface area contributed by atoms with Crippen LogP contribution in [0.3, 0.4) is 0 Å². The number of nitrogens with zero attached hydrogens (tertiary/aromatic N) is 2. The van der Waals surface area contributed by atoms with Crippen LogP contribution in [0.5, 0.6) is 0 Å². The van der Waals surface area contributed by atoms with E-state index < -0.39 is 16.0 Å². The Balaban J connectivity index is 1.30. The number of hydrogen-bond donors (Lipinski definition) is 2. The minimum Gasteiger partial charge on any atom is -0.478 e. The van der Waals surface area contributed by atoms with Crippen LogP contribution in [-0.4, -0.2) is 30.5 Å². The molecular weight excluding hydrogens is 555 g/mol. The molecular formula is C32H35N3O4S2. The van der Waals surface area contributed by atoms with Gasteiger partial charge in [0.05, 0.1) is 16.2 Å². The second kappa shape index (κ2) is 12.4. The lowest BCUT2D eigenvalue weighted by Gasteiger charge is -2.26. The lowest BCUT2D eigenvalue weighted by Crippen LogP contribution is -2.30. The predicted molar refractivity (Wildman–Crippen MR) is 165 cm³/mol. The maximum absolute atomic E-state index is 13.2. The van der Waals surface area contributed by atoms with Gasteiger partial charge in [0.25, 0.3) is 10.0 Å². The molecule has 1 fully saturated rings. The van der Waals surface area contributed by atoms with Gasteiger partial charge >= 0.3 is 5.97 Å². The molecule has 41 heavy (non-hydrogen) atoms. The van der Waals surface area contributed by atoms with Gasteiger partial charge in [0.2, 0.25) is 0 Å². The summed E-state index contributed by atoms with van der Waals surface area (Å²) in [7, 11) is -3.74. The number of carbonyl (C=O) groups is 1. The van der Waals surface area contributed by atoms with E-state index in [0.717, 1.165) is 22.0 Å². The quantitative estimate of drug-likeness (QED) is 0.196. The molecule has 0 atom stereocenters. The highest BCUT2D eigenvalue weighted by Crippen LogP contribution is 2.34. The molecule has 4 aromatic rings. The van der Waals surface area contributed by atoms with E-state index in [2.05, 4.69) is 23.5 Å². The normalized spacial score (nSPS) is 14.2. The number of thiazole rings is 1. The van der Waals surface area contributed by atoms with Crippen LogP contribution >= 0.6 is 11.3 Å². The van der Waals surface area contributed by atoms with Crippen LogP contribution in [0.1, 0.15) is 73.4 Å². The van der Waals surface area contributed by atoms with E-state index in [4.69, 9.17) is 4.98 Å². The number of anilines is 2. The van der Waals surface area contributed by atoms with Gasteiger partial charge in [-0.1, -0.05) is 55.7 Å². The standard InChI is InChI=1S/C32H35N3O4S2/c1-22(2)35(20-23-11-13-26(14-12-23)31(36)37)32-33-30(21-40-32)27-9-6-10-28(19-27)34-41(38,39)29-17-15-25(16-18-29)24-7-4-3-5-8-24/h6,9-19,21-22,24,34H,3-5,7-8,20H2,1-2H3,(H,36,37). The average Bonchev–Trinajstić information content (AvgIpc) is 3.46. The molecule has 0 saturated heterocycles. The number of aromatic carboxylic acids is 1. The fourth-order valence-electron chi connectivity index (χ4n) is 5.26. The van der Waals surface area contributed by atoms with Crippen LogP contribution < -0.4 is 9.62 Å². The van der Waals surface area contributed by atoms with Gasteiger partial charge in [-0.15, -0.1) is 11.3 Å². The minimum atomic E-state index is -3.74. The first kappa shape index (κ1) is 28.8. The molecule has 5 rings (SSSR count). The molecule has 214 valence electrons. The van der Waals surface area contributed by atoms with Crippen molar-refractivity contribution in [1.82, 2.24) is 4.98 Å². The third-order valence-electron chi connectivity index (χ3n) is 7.59. The van der Waals surface area contributed by atoms with Crippen molar-refractivity contribution in [2.24, 2.45) is 0 Å².